The van der Waals surface area contributed by atoms with Crippen molar-refractivity contribution in [2.45, 2.75) is 20.3 Å². The van der Waals surface area contributed by atoms with Crippen LogP contribution in [-0.2, 0) is 0 Å². The standard InChI is InChI=1S/C13H21N5/c1-4-7-17(8-5-14-3)13-12-10-11(2)16-18(12)9-6-15-13/h6,9-10,14H,4-5,7-8H2,1-3H3. The van der Waals surface area contributed by atoms with Crippen molar-refractivity contribution < 1.29 is 0 Å². The Kier molecular flexibility index (Phi) is 4.15. The number of rotatable bonds is 6. The smallest absolute Gasteiger partial charge is 0.154 e. The molecule has 0 saturated heterocycles. The SMILES string of the molecule is CCCN(CCNC)c1nccn2nc(C)cc12. The van der Waals surface area contributed by atoms with Crippen LogP contribution in [0.4, 0.5) is 5.82 Å². The molecule has 0 spiro atoms. The number of fused-ring (bicyclic) bond motifs is 1. The van der Waals surface area contributed by atoms with Crippen molar-refractivity contribution in [2.24, 2.45) is 0 Å². The number of likely N-dealkylation sites (N-methyl/N-ethyl adjacent to an activating group) is 1. The third-order valence-electron chi connectivity index (χ3n) is 2.92. The summed E-state index contributed by atoms with van der Waals surface area (Å²) in [5, 5.41) is 7.62. The van der Waals surface area contributed by atoms with E-state index in [0.29, 0.717) is 0 Å². The van der Waals surface area contributed by atoms with Crippen LogP contribution in [-0.4, -0.2) is 41.3 Å². The van der Waals surface area contributed by atoms with Gasteiger partial charge in [0.2, 0.25) is 0 Å². The van der Waals surface area contributed by atoms with Gasteiger partial charge in [-0.25, -0.2) is 9.50 Å². The molecular weight excluding hydrogens is 226 g/mol. The maximum atomic E-state index is 4.53. The van der Waals surface area contributed by atoms with Crippen molar-refractivity contribution in [3.8, 4) is 0 Å². The summed E-state index contributed by atoms with van der Waals surface area (Å²) in [4.78, 5) is 6.84. The number of hydrogen-bond donors (Lipinski definition) is 1. The summed E-state index contributed by atoms with van der Waals surface area (Å²) in [7, 11) is 1.97. The zero-order chi connectivity index (χ0) is 13.0. The van der Waals surface area contributed by atoms with E-state index in [1.807, 2.05) is 30.9 Å². The minimum absolute atomic E-state index is 0.954. The summed E-state index contributed by atoms with van der Waals surface area (Å²) in [5.74, 6) is 1.02. The van der Waals surface area contributed by atoms with Gasteiger partial charge in [0.15, 0.2) is 5.82 Å². The van der Waals surface area contributed by atoms with E-state index in [-0.39, 0.29) is 0 Å². The number of anilines is 1. The summed E-state index contributed by atoms with van der Waals surface area (Å²) in [6, 6.07) is 2.09. The highest BCUT2D eigenvalue weighted by Crippen LogP contribution is 2.19. The molecule has 0 aliphatic carbocycles. The first kappa shape index (κ1) is 12.8. The Morgan fingerprint density at radius 2 is 2.22 bits per heavy atom. The number of nitrogens with zero attached hydrogens (tertiary/aromatic N) is 4. The zero-order valence-corrected chi connectivity index (χ0v) is 11.3. The molecule has 5 nitrogen and oxygen atoms in total. The fraction of sp³-hybridized carbons (Fsp3) is 0.538. The highest BCUT2D eigenvalue weighted by Gasteiger charge is 2.12. The average molecular weight is 247 g/mol. The molecular formula is C13H21N5. The molecule has 5 heteroatoms. The lowest BCUT2D eigenvalue weighted by atomic mass is 10.3. The zero-order valence-electron chi connectivity index (χ0n) is 11.3. The third kappa shape index (κ3) is 2.61. The maximum Gasteiger partial charge on any atom is 0.154 e. The Morgan fingerprint density at radius 1 is 1.39 bits per heavy atom. The quantitative estimate of drug-likeness (QED) is 0.839. The maximum absolute atomic E-state index is 4.53. The van der Waals surface area contributed by atoms with Gasteiger partial charge in [-0.1, -0.05) is 6.92 Å². The molecule has 2 aromatic rings. The van der Waals surface area contributed by atoms with Crippen molar-refractivity contribution in [2.75, 3.05) is 31.6 Å². The van der Waals surface area contributed by atoms with Gasteiger partial charge in [-0.05, 0) is 26.5 Å². The van der Waals surface area contributed by atoms with Crippen molar-refractivity contribution in [1.82, 2.24) is 19.9 Å². The molecule has 0 radical (unpaired) electrons. The molecule has 2 rings (SSSR count). The molecule has 0 aromatic carbocycles. The molecule has 2 aromatic heterocycles. The molecule has 0 saturated carbocycles. The number of nitrogens with one attached hydrogen (secondary N) is 1. The van der Waals surface area contributed by atoms with Crippen molar-refractivity contribution in [1.29, 1.82) is 0 Å². The molecule has 0 amide bonds. The van der Waals surface area contributed by atoms with E-state index in [2.05, 4.69) is 33.3 Å². The van der Waals surface area contributed by atoms with Gasteiger partial charge >= 0.3 is 0 Å². The van der Waals surface area contributed by atoms with Crippen LogP contribution in [0.15, 0.2) is 18.5 Å². The van der Waals surface area contributed by atoms with Gasteiger partial charge in [0.1, 0.15) is 5.52 Å². The Hall–Kier alpha value is -1.62. The van der Waals surface area contributed by atoms with Crippen LogP contribution in [0.5, 0.6) is 0 Å². The lowest BCUT2D eigenvalue weighted by Crippen LogP contribution is -2.32. The largest absolute Gasteiger partial charge is 0.354 e. The van der Waals surface area contributed by atoms with Crippen LogP contribution in [0.2, 0.25) is 0 Å². The Labute approximate surface area is 108 Å². The van der Waals surface area contributed by atoms with E-state index in [4.69, 9.17) is 0 Å². The van der Waals surface area contributed by atoms with E-state index >= 15 is 0 Å². The van der Waals surface area contributed by atoms with Crippen LogP contribution < -0.4 is 10.2 Å². The molecule has 0 aliphatic rings. The summed E-state index contributed by atoms with van der Waals surface area (Å²) in [5.41, 5.74) is 2.11. The van der Waals surface area contributed by atoms with Gasteiger partial charge in [-0.15, -0.1) is 0 Å². The summed E-state index contributed by atoms with van der Waals surface area (Å²) >= 11 is 0. The monoisotopic (exact) mass is 247 g/mol. The normalized spacial score (nSPS) is 11.1. The fourth-order valence-electron chi connectivity index (χ4n) is 2.11. The molecule has 0 aliphatic heterocycles. The Balaban J connectivity index is 2.36. The van der Waals surface area contributed by atoms with E-state index in [1.165, 1.54) is 0 Å². The predicted octanol–water partition coefficient (Wildman–Crippen LogP) is 1.47. The molecule has 18 heavy (non-hydrogen) atoms. The summed E-state index contributed by atoms with van der Waals surface area (Å²) < 4.78 is 1.90. The first-order valence-corrected chi connectivity index (χ1v) is 6.46. The molecule has 2 heterocycles. The molecule has 0 atom stereocenters. The second kappa shape index (κ2) is 5.82. The van der Waals surface area contributed by atoms with Gasteiger partial charge in [0.05, 0.1) is 5.69 Å². The highest BCUT2D eigenvalue weighted by atomic mass is 15.3. The molecule has 0 fully saturated rings. The highest BCUT2D eigenvalue weighted by molar-refractivity contribution is 5.69. The van der Waals surface area contributed by atoms with Crippen molar-refractivity contribution >= 4 is 11.3 Å². The van der Waals surface area contributed by atoms with E-state index in [9.17, 15) is 0 Å². The van der Waals surface area contributed by atoms with E-state index in [1.54, 1.807) is 0 Å². The Bertz CT molecular complexity index is 505. The first-order valence-electron chi connectivity index (χ1n) is 6.46. The number of aromatic nitrogens is 3. The van der Waals surface area contributed by atoms with Gasteiger partial charge in [-0.3, -0.25) is 0 Å². The Morgan fingerprint density at radius 3 is 2.94 bits per heavy atom. The van der Waals surface area contributed by atoms with Crippen LogP contribution in [0.1, 0.15) is 19.0 Å². The molecule has 0 bridgehead atoms. The lowest BCUT2D eigenvalue weighted by molar-refractivity contribution is 0.702. The summed E-state index contributed by atoms with van der Waals surface area (Å²) in [6.07, 6.45) is 4.82. The lowest BCUT2D eigenvalue weighted by Gasteiger charge is -2.23. The van der Waals surface area contributed by atoms with Gasteiger partial charge < -0.3 is 10.2 Å². The summed E-state index contributed by atoms with van der Waals surface area (Å²) in [6.45, 7) is 7.12. The topological polar surface area (TPSA) is 45.5 Å². The molecule has 1 N–H and O–H groups in total. The third-order valence-corrected chi connectivity index (χ3v) is 2.92. The second-order valence-corrected chi connectivity index (χ2v) is 4.46. The first-order chi connectivity index (χ1) is 8.76. The van der Waals surface area contributed by atoms with Gasteiger partial charge in [0, 0.05) is 32.0 Å². The van der Waals surface area contributed by atoms with E-state index in [0.717, 1.165) is 43.1 Å². The second-order valence-electron chi connectivity index (χ2n) is 4.46. The van der Waals surface area contributed by atoms with Crippen molar-refractivity contribution in [3.05, 3.63) is 24.2 Å². The average Bonchev–Trinajstić information content (AvgIpc) is 2.74. The predicted molar refractivity (Wildman–Crippen MR) is 74.2 cm³/mol. The van der Waals surface area contributed by atoms with Crippen LogP contribution in [0, 0.1) is 6.92 Å². The minimum atomic E-state index is 0.954. The van der Waals surface area contributed by atoms with Crippen LogP contribution in [0.25, 0.3) is 5.52 Å². The van der Waals surface area contributed by atoms with Crippen LogP contribution >= 0.6 is 0 Å². The fourth-order valence-corrected chi connectivity index (χ4v) is 2.11. The number of hydrogen-bond acceptors (Lipinski definition) is 4. The number of aryl methyl sites for hydroxylation is 1. The van der Waals surface area contributed by atoms with Gasteiger partial charge in [-0.2, -0.15) is 5.10 Å². The molecule has 98 valence electrons. The van der Waals surface area contributed by atoms with Crippen molar-refractivity contribution in [3.63, 3.8) is 0 Å². The molecule has 0 unspecified atom stereocenters. The van der Waals surface area contributed by atoms with Gasteiger partial charge in [0.25, 0.3) is 0 Å². The van der Waals surface area contributed by atoms with Crippen LogP contribution in [0.3, 0.4) is 0 Å². The van der Waals surface area contributed by atoms with E-state index < -0.39 is 0 Å². The minimum Gasteiger partial charge on any atom is -0.354 e.